The number of pyridine rings is 1. The van der Waals surface area contributed by atoms with Crippen LogP contribution in [0.3, 0.4) is 0 Å². The Bertz CT molecular complexity index is 408. The molecule has 1 amide bonds. The van der Waals surface area contributed by atoms with Crippen molar-refractivity contribution in [3.8, 4) is 0 Å². The van der Waals surface area contributed by atoms with Crippen LogP contribution in [0.5, 0.6) is 0 Å². The normalized spacial score (nSPS) is 23.6. The number of carbonyl (C=O) groups excluding carboxylic acids is 1. The Morgan fingerprint density at radius 2 is 2.40 bits per heavy atom. The van der Waals surface area contributed by atoms with Gasteiger partial charge in [-0.2, -0.15) is 0 Å². The summed E-state index contributed by atoms with van der Waals surface area (Å²) in [5.41, 5.74) is 6.06. The number of anilines is 1. The van der Waals surface area contributed by atoms with Gasteiger partial charge >= 0.3 is 0 Å². The molecule has 0 bridgehead atoms. The van der Waals surface area contributed by atoms with Gasteiger partial charge in [-0.15, -0.1) is 0 Å². The fraction of sp³-hybridized carbons (Fsp3) is 0.400. The Labute approximate surface area is 96.4 Å². The van der Waals surface area contributed by atoms with E-state index in [1.165, 1.54) is 0 Å². The monoisotopic (exact) mass is 269 g/mol. The zero-order valence-electron chi connectivity index (χ0n) is 8.33. The molecule has 80 valence electrons. The lowest BCUT2D eigenvalue weighted by Crippen LogP contribution is -2.27. The van der Waals surface area contributed by atoms with E-state index in [9.17, 15) is 4.79 Å². The third-order valence-electron chi connectivity index (χ3n) is 2.56. The van der Waals surface area contributed by atoms with Crippen LogP contribution in [0.15, 0.2) is 16.7 Å². The molecule has 0 aliphatic heterocycles. The maximum atomic E-state index is 11.8. The summed E-state index contributed by atoms with van der Waals surface area (Å²) in [4.78, 5) is 15.7. The van der Waals surface area contributed by atoms with Crippen LogP contribution in [-0.2, 0) is 0 Å². The van der Waals surface area contributed by atoms with E-state index in [2.05, 4.69) is 33.2 Å². The number of nitrogen functional groups attached to an aromatic ring is 1. The van der Waals surface area contributed by atoms with Crippen molar-refractivity contribution in [2.75, 3.05) is 5.73 Å². The summed E-state index contributed by atoms with van der Waals surface area (Å²) in [7, 11) is 0. The predicted octanol–water partition coefficient (Wildman–Crippen LogP) is 1.56. The van der Waals surface area contributed by atoms with Gasteiger partial charge in [-0.1, -0.05) is 6.92 Å². The Hall–Kier alpha value is -1.10. The molecule has 1 aromatic rings. The zero-order valence-corrected chi connectivity index (χ0v) is 9.91. The number of amides is 1. The average molecular weight is 270 g/mol. The Balaban J connectivity index is 2.14. The summed E-state index contributed by atoms with van der Waals surface area (Å²) in [6.45, 7) is 2.10. The Morgan fingerprint density at radius 1 is 1.73 bits per heavy atom. The Kier molecular flexibility index (Phi) is 2.65. The van der Waals surface area contributed by atoms with Crippen LogP contribution < -0.4 is 11.1 Å². The largest absolute Gasteiger partial charge is 0.383 e. The number of hydrogen-bond acceptors (Lipinski definition) is 3. The summed E-state index contributed by atoms with van der Waals surface area (Å²) < 4.78 is 0.755. The zero-order chi connectivity index (χ0) is 11.0. The fourth-order valence-corrected chi connectivity index (χ4v) is 1.73. The summed E-state index contributed by atoms with van der Waals surface area (Å²) >= 11 is 3.26. The van der Waals surface area contributed by atoms with E-state index in [1.807, 2.05) is 0 Å². The van der Waals surface area contributed by atoms with Crippen LogP contribution in [0.4, 0.5) is 5.82 Å². The van der Waals surface area contributed by atoms with E-state index in [0.29, 0.717) is 17.5 Å². The lowest BCUT2D eigenvalue weighted by molar-refractivity contribution is 0.0950. The minimum absolute atomic E-state index is 0.143. The first-order valence-corrected chi connectivity index (χ1v) is 5.59. The molecule has 5 heteroatoms. The maximum absolute atomic E-state index is 11.8. The summed E-state index contributed by atoms with van der Waals surface area (Å²) in [6, 6.07) is 1.99. The van der Waals surface area contributed by atoms with Crippen molar-refractivity contribution < 1.29 is 4.79 Å². The van der Waals surface area contributed by atoms with Gasteiger partial charge in [0.2, 0.25) is 0 Å². The van der Waals surface area contributed by atoms with Crippen LogP contribution in [0.2, 0.25) is 0 Å². The fourth-order valence-electron chi connectivity index (χ4n) is 1.40. The number of aromatic nitrogens is 1. The van der Waals surface area contributed by atoms with Crippen molar-refractivity contribution >= 4 is 27.7 Å². The Morgan fingerprint density at radius 3 is 3.00 bits per heavy atom. The van der Waals surface area contributed by atoms with Crippen LogP contribution in [-0.4, -0.2) is 16.9 Å². The van der Waals surface area contributed by atoms with Crippen LogP contribution in [0.1, 0.15) is 23.7 Å². The second-order valence-corrected chi connectivity index (χ2v) is 4.79. The smallest absolute Gasteiger partial charge is 0.255 e. The van der Waals surface area contributed by atoms with Gasteiger partial charge in [-0.05, 0) is 34.3 Å². The SMILES string of the molecule is CC1CC1NC(=O)c1cc(Br)cnc1N. The van der Waals surface area contributed by atoms with Crippen molar-refractivity contribution in [1.82, 2.24) is 10.3 Å². The second-order valence-electron chi connectivity index (χ2n) is 3.88. The maximum Gasteiger partial charge on any atom is 0.255 e. The molecule has 1 saturated carbocycles. The highest BCUT2D eigenvalue weighted by atomic mass is 79.9. The van der Waals surface area contributed by atoms with E-state index in [-0.39, 0.29) is 11.7 Å². The summed E-state index contributed by atoms with van der Waals surface area (Å²) in [6.07, 6.45) is 2.62. The first kappa shape index (κ1) is 10.4. The minimum atomic E-state index is -0.143. The predicted molar refractivity (Wildman–Crippen MR) is 61.4 cm³/mol. The number of nitrogens with one attached hydrogen (secondary N) is 1. The van der Waals surface area contributed by atoms with E-state index in [1.54, 1.807) is 12.3 Å². The molecule has 1 aliphatic carbocycles. The molecule has 1 fully saturated rings. The van der Waals surface area contributed by atoms with Gasteiger partial charge in [0.1, 0.15) is 5.82 Å². The highest BCUT2D eigenvalue weighted by molar-refractivity contribution is 9.10. The molecule has 2 rings (SSSR count). The quantitative estimate of drug-likeness (QED) is 0.857. The highest BCUT2D eigenvalue weighted by Gasteiger charge is 2.34. The molecule has 15 heavy (non-hydrogen) atoms. The number of rotatable bonds is 2. The molecule has 0 spiro atoms. The number of nitrogens with two attached hydrogens (primary N) is 1. The van der Waals surface area contributed by atoms with E-state index in [4.69, 9.17) is 5.73 Å². The van der Waals surface area contributed by atoms with Gasteiger partial charge in [-0.25, -0.2) is 4.98 Å². The number of hydrogen-bond donors (Lipinski definition) is 2. The van der Waals surface area contributed by atoms with Crippen molar-refractivity contribution in [1.29, 1.82) is 0 Å². The molecule has 0 aromatic carbocycles. The van der Waals surface area contributed by atoms with Crippen LogP contribution in [0, 0.1) is 5.92 Å². The first-order chi connectivity index (χ1) is 7.08. The van der Waals surface area contributed by atoms with Crippen LogP contribution in [0.25, 0.3) is 0 Å². The number of halogens is 1. The van der Waals surface area contributed by atoms with Crippen molar-refractivity contribution in [2.24, 2.45) is 5.92 Å². The molecule has 1 aromatic heterocycles. The van der Waals surface area contributed by atoms with E-state index < -0.39 is 0 Å². The molecular weight excluding hydrogens is 258 g/mol. The van der Waals surface area contributed by atoms with Crippen molar-refractivity contribution in [2.45, 2.75) is 19.4 Å². The lowest BCUT2D eigenvalue weighted by Gasteiger charge is -2.06. The number of nitrogens with zero attached hydrogens (tertiary/aromatic N) is 1. The van der Waals surface area contributed by atoms with Gasteiger partial charge in [-0.3, -0.25) is 4.79 Å². The molecule has 0 radical (unpaired) electrons. The lowest BCUT2D eigenvalue weighted by atomic mass is 10.2. The van der Waals surface area contributed by atoms with Gasteiger partial charge in [0, 0.05) is 16.7 Å². The van der Waals surface area contributed by atoms with Crippen LogP contribution >= 0.6 is 15.9 Å². The van der Waals surface area contributed by atoms with E-state index in [0.717, 1.165) is 10.9 Å². The standard InChI is InChI=1S/C10H12BrN3O/c1-5-2-8(5)14-10(15)7-3-6(11)4-13-9(7)12/h3-5,8H,2H2,1H3,(H2,12,13)(H,14,15). The van der Waals surface area contributed by atoms with Crippen molar-refractivity contribution in [3.63, 3.8) is 0 Å². The second kappa shape index (κ2) is 3.81. The summed E-state index contributed by atoms with van der Waals surface area (Å²) in [5.74, 6) is 0.704. The van der Waals surface area contributed by atoms with Crippen molar-refractivity contribution in [3.05, 3.63) is 22.3 Å². The first-order valence-electron chi connectivity index (χ1n) is 4.80. The average Bonchev–Trinajstić information content (AvgIpc) is 2.86. The topological polar surface area (TPSA) is 68.0 Å². The molecule has 2 atom stereocenters. The third kappa shape index (κ3) is 2.28. The highest BCUT2D eigenvalue weighted by Crippen LogP contribution is 2.29. The van der Waals surface area contributed by atoms with Gasteiger partial charge in [0.25, 0.3) is 5.91 Å². The molecule has 0 saturated heterocycles. The van der Waals surface area contributed by atoms with Gasteiger partial charge < -0.3 is 11.1 Å². The summed E-state index contributed by atoms with van der Waals surface area (Å²) in [5, 5.41) is 2.91. The molecule has 1 aliphatic rings. The number of carbonyl (C=O) groups is 1. The third-order valence-corrected chi connectivity index (χ3v) is 2.99. The molecule has 2 unspecified atom stereocenters. The van der Waals surface area contributed by atoms with E-state index >= 15 is 0 Å². The minimum Gasteiger partial charge on any atom is -0.383 e. The molecular formula is C10H12BrN3O. The molecule has 3 N–H and O–H groups in total. The van der Waals surface area contributed by atoms with Gasteiger partial charge in [0.05, 0.1) is 5.56 Å². The molecule has 4 nitrogen and oxygen atoms in total. The molecule has 1 heterocycles. The van der Waals surface area contributed by atoms with Gasteiger partial charge in [0.15, 0.2) is 0 Å².